The average Bonchev–Trinajstić information content (AvgIpc) is 3.34. The summed E-state index contributed by atoms with van der Waals surface area (Å²) < 4.78 is 63.9. The smallest absolute Gasteiger partial charge is 0.450 e. The van der Waals surface area contributed by atoms with E-state index in [1.165, 1.54) is 30.3 Å². The standard InChI is InChI=1S/C29H21F3N2O6.ClH/c30-29(31,32)27-25(15-5-8-22-24(12-15)38-10-9-37-22)26(35)19-7-6-17(13-23(19)40-27)39-28(36)20(33)11-16-14-34-21-4-2-1-3-18(16)21;/h1-8,12-14,20,34H,9-11,33H2;1H. The number of aromatic amines is 1. The highest BCUT2D eigenvalue weighted by molar-refractivity contribution is 5.87. The van der Waals surface area contributed by atoms with Crippen LogP contribution in [0.25, 0.3) is 33.0 Å². The summed E-state index contributed by atoms with van der Waals surface area (Å²) in [5.74, 6) is -1.63. The van der Waals surface area contributed by atoms with Gasteiger partial charge >= 0.3 is 12.1 Å². The molecular weight excluding hydrogens is 565 g/mol. The number of hydrogen-bond acceptors (Lipinski definition) is 6. The summed E-state index contributed by atoms with van der Waals surface area (Å²) in [4.78, 5) is 29.2. The van der Waals surface area contributed by atoms with Crippen LogP contribution in [0.3, 0.4) is 0 Å². The number of carbonyl (C=O) groups is 1. The Bertz CT molecular complexity index is 1830. The second-order valence-electron chi connectivity index (χ2n) is 9.33. The van der Waals surface area contributed by atoms with Crippen LogP contribution in [0, 0.1) is 0 Å². The van der Waals surface area contributed by atoms with E-state index in [0.717, 1.165) is 22.5 Å². The van der Waals surface area contributed by atoms with Gasteiger partial charge in [-0.3, -0.25) is 4.79 Å². The molecule has 0 saturated carbocycles. The van der Waals surface area contributed by atoms with Gasteiger partial charge in [0.25, 0.3) is 0 Å². The fourth-order valence-electron chi connectivity index (χ4n) is 4.75. The topological polar surface area (TPSA) is 118 Å². The van der Waals surface area contributed by atoms with Gasteiger partial charge in [-0.2, -0.15) is 13.2 Å². The van der Waals surface area contributed by atoms with E-state index >= 15 is 0 Å². The van der Waals surface area contributed by atoms with Crippen molar-refractivity contribution in [1.29, 1.82) is 0 Å². The number of quaternary nitrogens is 1. The van der Waals surface area contributed by atoms with Crippen molar-refractivity contribution in [2.24, 2.45) is 0 Å². The molecule has 12 heteroatoms. The van der Waals surface area contributed by atoms with Crippen molar-refractivity contribution in [2.75, 3.05) is 13.2 Å². The number of rotatable bonds is 5. The first-order valence-corrected chi connectivity index (χ1v) is 12.4. The van der Waals surface area contributed by atoms with Gasteiger partial charge < -0.3 is 41.8 Å². The van der Waals surface area contributed by atoms with Crippen LogP contribution >= 0.6 is 0 Å². The van der Waals surface area contributed by atoms with Crippen molar-refractivity contribution in [1.82, 2.24) is 4.98 Å². The molecule has 4 N–H and O–H groups in total. The Morgan fingerprint density at radius 1 is 1.00 bits per heavy atom. The largest absolute Gasteiger partial charge is 1.00 e. The predicted octanol–water partition coefficient (Wildman–Crippen LogP) is 1.49. The van der Waals surface area contributed by atoms with Crippen LogP contribution in [0.2, 0.25) is 0 Å². The van der Waals surface area contributed by atoms with E-state index in [0.29, 0.717) is 12.4 Å². The molecule has 0 fully saturated rings. The van der Waals surface area contributed by atoms with Crippen molar-refractivity contribution in [2.45, 2.75) is 18.6 Å². The number of halogens is 4. The summed E-state index contributed by atoms with van der Waals surface area (Å²) in [6.45, 7) is 0.537. The molecule has 3 heterocycles. The number of hydrogen-bond donors (Lipinski definition) is 2. The first kappa shape index (κ1) is 28.1. The quantitative estimate of drug-likeness (QED) is 0.238. The number of nitrogens with one attached hydrogen (secondary N) is 1. The molecule has 1 aliphatic rings. The van der Waals surface area contributed by atoms with Crippen LogP contribution in [-0.4, -0.2) is 30.2 Å². The zero-order valence-corrected chi connectivity index (χ0v) is 22.0. The molecule has 2 aromatic heterocycles. The van der Waals surface area contributed by atoms with Crippen molar-refractivity contribution in [3.05, 3.63) is 88.4 Å². The fraction of sp³-hybridized carbons (Fsp3) is 0.172. The molecule has 0 saturated heterocycles. The molecule has 41 heavy (non-hydrogen) atoms. The molecule has 1 aliphatic heterocycles. The molecule has 0 spiro atoms. The maximum atomic E-state index is 14.1. The maximum Gasteiger partial charge on any atom is 0.450 e. The van der Waals surface area contributed by atoms with E-state index in [-0.39, 0.29) is 53.5 Å². The number of H-pyrrole nitrogens is 1. The number of esters is 1. The lowest BCUT2D eigenvalue weighted by molar-refractivity contribution is -0.406. The third-order valence-corrected chi connectivity index (χ3v) is 6.65. The molecule has 1 atom stereocenters. The van der Waals surface area contributed by atoms with E-state index in [4.69, 9.17) is 18.6 Å². The van der Waals surface area contributed by atoms with Crippen LogP contribution in [0.15, 0.2) is 76.1 Å². The Labute approximate surface area is 236 Å². The number of benzene rings is 3. The SMILES string of the molecule is [Cl-].[NH3+]C(Cc1c[nH]c2ccccc12)C(=O)Oc1ccc2c(=O)c(-c3ccc4c(c3)OCCO4)c(C(F)(F)F)oc2c1. The fourth-order valence-corrected chi connectivity index (χ4v) is 4.75. The summed E-state index contributed by atoms with van der Waals surface area (Å²) in [5.41, 5.74) is 3.73. The molecule has 212 valence electrons. The minimum atomic E-state index is -4.99. The van der Waals surface area contributed by atoms with Crippen LogP contribution in [0.5, 0.6) is 17.2 Å². The Morgan fingerprint density at radius 2 is 1.76 bits per heavy atom. The van der Waals surface area contributed by atoms with Gasteiger partial charge in [0.05, 0.1) is 10.9 Å². The second-order valence-corrected chi connectivity index (χ2v) is 9.33. The normalized spacial score (nSPS) is 13.6. The second kappa shape index (κ2) is 10.8. The molecule has 5 aromatic rings. The van der Waals surface area contributed by atoms with Crippen molar-refractivity contribution >= 4 is 27.8 Å². The van der Waals surface area contributed by atoms with E-state index in [2.05, 4.69) is 10.7 Å². The summed E-state index contributed by atoms with van der Waals surface area (Å²) in [5, 5.41) is 0.840. The number of carbonyl (C=O) groups excluding carboxylic acids is 1. The van der Waals surface area contributed by atoms with E-state index in [1.54, 1.807) is 6.20 Å². The average molecular weight is 587 g/mol. The van der Waals surface area contributed by atoms with Gasteiger partial charge in [0.2, 0.25) is 11.2 Å². The number of fused-ring (bicyclic) bond motifs is 3. The minimum Gasteiger partial charge on any atom is -1.00 e. The van der Waals surface area contributed by atoms with Crippen LogP contribution in [-0.2, 0) is 17.4 Å². The first-order chi connectivity index (χ1) is 19.2. The number of alkyl halides is 3. The highest BCUT2D eigenvalue weighted by atomic mass is 35.5. The lowest BCUT2D eigenvalue weighted by Gasteiger charge is -2.19. The number of ether oxygens (including phenoxy) is 3. The van der Waals surface area contributed by atoms with Gasteiger partial charge in [0.15, 0.2) is 17.5 Å². The molecular formula is C29H22ClF3N2O6. The Balaban J connectivity index is 0.00000337. The van der Waals surface area contributed by atoms with E-state index in [9.17, 15) is 22.8 Å². The molecule has 6 rings (SSSR count). The Kier molecular flexibility index (Phi) is 7.41. The first-order valence-electron chi connectivity index (χ1n) is 12.4. The van der Waals surface area contributed by atoms with Gasteiger partial charge in [-0.1, -0.05) is 24.3 Å². The summed E-state index contributed by atoms with van der Waals surface area (Å²) >= 11 is 0. The van der Waals surface area contributed by atoms with Crippen LogP contribution in [0.1, 0.15) is 11.3 Å². The molecule has 1 unspecified atom stereocenters. The number of aromatic nitrogens is 1. The zero-order valence-electron chi connectivity index (χ0n) is 21.2. The maximum absolute atomic E-state index is 14.1. The van der Waals surface area contributed by atoms with Crippen molar-refractivity contribution in [3.63, 3.8) is 0 Å². The van der Waals surface area contributed by atoms with Gasteiger partial charge in [0.1, 0.15) is 24.5 Å². The molecule has 3 aromatic carbocycles. The lowest BCUT2D eigenvalue weighted by atomic mass is 10.0. The summed E-state index contributed by atoms with van der Waals surface area (Å²) in [7, 11) is 0. The Hall–Kier alpha value is -4.48. The number of para-hydroxylation sites is 1. The highest BCUT2D eigenvalue weighted by Crippen LogP contribution is 2.40. The predicted molar refractivity (Wildman–Crippen MR) is 138 cm³/mol. The molecule has 0 bridgehead atoms. The monoisotopic (exact) mass is 586 g/mol. The van der Waals surface area contributed by atoms with Crippen molar-refractivity contribution in [3.8, 4) is 28.4 Å². The van der Waals surface area contributed by atoms with E-state index in [1.807, 2.05) is 24.3 Å². The van der Waals surface area contributed by atoms with E-state index < -0.39 is 34.9 Å². The molecule has 8 nitrogen and oxygen atoms in total. The summed E-state index contributed by atoms with van der Waals surface area (Å²) in [6, 6.07) is 14.6. The van der Waals surface area contributed by atoms with Gasteiger partial charge in [-0.05, 0) is 41.5 Å². The Morgan fingerprint density at radius 3 is 2.54 bits per heavy atom. The third-order valence-electron chi connectivity index (χ3n) is 6.65. The van der Waals surface area contributed by atoms with Crippen LogP contribution < -0.4 is 37.8 Å². The molecule has 0 aliphatic carbocycles. The minimum absolute atomic E-state index is 0. The third kappa shape index (κ3) is 5.33. The van der Waals surface area contributed by atoms with Crippen LogP contribution in [0.4, 0.5) is 13.2 Å². The highest BCUT2D eigenvalue weighted by Gasteiger charge is 2.39. The van der Waals surface area contributed by atoms with Gasteiger partial charge in [0, 0.05) is 29.6 Å². The summed E-state index contributed by atoms with van der Waals surface area (Å²) in [6.07, 6.45) is -2.91. The molecule has 0 amide bonds. The zero-order chi connectivity index (χ0) is 28.0. The van der Waals surface area contributed by atoms with Gasteiger partial charge in [-0.25, -0.2) is 4.79 Å². The molecule has 0 radical (unpaired) electrons. The van der Waals surface area contributed by atoms with Crippen molar-refractivity contribution < 1.29 is 54.7 Å². The lowest BCUT2D eigenvalue weighted by Crippen LogP contribution is -3.00. The van der Waals surface area contributed by atoms with Gasteiger partial charge in [-0.15, -0.1) is 0 Å².